The lowest BCUT2D eigenvalue weighted by Gasteiger charge is -2.23. The minimum atomic E-state index is -0.481. The van der Waals surface area contributed by atoms with E-state index in [-0.39, 0.29) is 48.8 Å². The second kappa shape index (κ2) is 10.4. The number of benzene rings is 2. The van der Waals surface area contributed by atoms with Crippen LogP contribution in [0.1, 0.15) is 41.6 Å². The maximum absolute atomic E-state index is 13.1. The minimum Gasteiger partial charge on any atom is -0.376 e. The molecule has 0 spiro atoms. The Hall–Kier alpha value is -3.59. The van der Waals surface area contributed by atoms with Gasteiger partial charge in [0.15, 0.2) is 0 Å². The van der Waals surface area contributed by atoms with Gasteiger partial charge in [0.25, 0.3) is 11.8 Å². The molecule has 33 heavy (non-hydrogen) atoms. The number of anilines is 1. The van der Waals surface area contributed by atoms with E-state index in [1.54, 1.807) is 36.4 Å². The van der Waals surface area contributed by atoms with E-state index in [2.05, 4.69) is 15.7 Å². The number of para-hydroxylation sites is 1. The molecular formula is C24H25FN4O4. The summed E-state index contributed by atoms with van der Waals surface area (Å²) in [5.74, 6) is -1.37. The molecule has 0 aromatic heterocycles. The molecule has 1 fully saturated rings. The van der Waals surface area contributed by atoms with Crippen molar-refractivity contribution in [3.8, 4) is 0 Å². The molecule has 3 amide bonds. The summed E-state index contributed by atoms with van der Waals surface area (Å²) in [5.41, 5.74) is 1.58. The highest BCUT2D eigenvalue weighted by molar-refractivity contribution is 6.43. The molecule has 0 saturated carbocycles. The van der Waals surface area contributed by atoms with Crippen molar-refractivity contribution in [2.45, 2.75) is 38.3 Å². The van der Waals surface area contributed by atoms with Crippen LogP contribution in [0.5, 0.6) is 0 Å². The summed E-state index contributed by atoms with van der Waals surface area (Å²) in [7, 11) is 0. The zero-order valence-electron chi connectivity index (χ0n) is 18.1. The SMILES string of the molecule is O=C(Nc1ccccc1C(=O)NCC1CCCO1)C1=NN(Cc2ccc(F)cc2)C(=O)CC1. The first-order chi connectivity index (χ1) is 16.0. The number of carbonyl (C=O) groups excluding carboxylic acids is 3. The van der Waals surface area contributed by atoms with Gasteiger partial charge in [-0.2, -0.15) is 5.10 Å². The van der Waals surface area contributed by atoms with Crippen LogP contribution in [-0.2, 0) is 20.9 Å². The van der Waals surface area contributed by atoms with Crippen LogP contribution in [0.2, 0.25) is 0 Å². The van der Waals surface area contributed by atoms with Crippen LogP contribution in [0.3, 0.4) is 0 Å². The van der Waals surface area contributed by atoms with E-state index in [0.29, 0.717) is 30.0 Å². The summed E-state index contributed by atoms with van der Waals surface area (Å²) in [4.78, 5) is 37.8. The van der Waals surface area contributed by atoms with Gasteiger partial charge in [0, 0.05) is 26.0 Å². The maximum Gasteiger partial charge on any atom is 0.271 e. The van der Waals surface area contributed by atoms with Gasteiger partial charge in [0.2, 0.25) is 5.91 Å². The summed E-state index contributed by atoms with van der Waals surface area (Å²) in [5, 5.41) is 11.0. The molecule has 1 saturated heterocycles. The summed E-state index contributed by atoms with van der Waals surface area (Å²) < 4.78 is 18.7. The zero-order chi connectivity index (χ0) is 23.2. The molecule has 2 aliphatic heterocycles. The van der Waals surface area contributed by atoms with E-state index in [0.717, 1.165) is 12.8 Å². The Morgan fingerprint density at radius 2 is 1.88 bits per heavy atom. The predicted molar refractivity (Wildman–Crippen MR) is 120 cm³/mol. The average molecular weight is 452 g/mol. The molecule has 2 aromatic carbocycles. The van der Waals surface area contributed by atoms with Crippen molar-refractivity contribution >= 4 is 29.1 Å². The molecule has 2 heterocycles. The molecule has 2 aliphatic rings. The molecule has 2 N–H and O–H groups in total. The number of carbonyl (C=O) groups is 3. The number of nitrogens with zero attached hydrogens (tertiary/aromatic N) is 2. The summed E-state index contributed by atoms with van der Waals surface area (Å²) in [6, 6.07) is 12.5. The number of nitrogens with one attached hydrogen (secondary N) is 2. The fraction of sp³-hybridized carbons (Fsp3) is 0.333. The van der Waals surface area contributed by atoms with E-state index < -0.39 is 5.91 Å². The number of ether oxygens (including phenoxy) is 1. The van der Waals surface area contributed by atoms with Crippen molar-refractivity contribution in [2.75, 3.05) is 18.5 Å². The molecule has 0 aliphatic carbocycles. The molecule has 0 bridgehead atoms. The van der Waals surface area contributed by atoms with Gasteiger partial charge in [-0.25, -0.2) is 9.40 Å². The van der Waals surface area contributed by atoms with Crippen LogP contribution in [0.4, 0.5) is 10.1 Å². The van der Waals surface area contributed by atoms with Crippen LogP contribution in [0.15, 0.2) is 53.6 Å². The molecule has 1 atom stereocenters. The minimum absolute atomic E-state index is 0.0110. The van der Waals surface area contributed by atoms with Crippen LogP contribution >= 0.6 is 0 Å². The average Bonchev–Trinajstić information content (AvgIpc) is 3.34. The number of hydrogen-bond acceptors (Lipinski definition) is 5. The van der Waals surface area contributed by atoms with Crippen molar-refractivity contribution in [3.05, 3.63) is 65.5 Å². The zero-order valence-corrected chi connectivity index (χ0v) is 18.1. The van der Waals surface area contributed by atoms with E-state index in [4.69, 9.17) is 4.74 Å². The quantitative estimate of drug-likeness (QED) is 0.675. The Morgan fingerprint density at radius 3 is 2.64 bits per heavy atom. The normalized spacial score (nSPS) is 18.1. The van der Waals surface area contributed by atoms with Gasteiger partial charge in [-0.05, 0) is 42.7 Å². The molecule has 1 unspecified atom stereocenters. The van der Waals surface area contributed by atoms with Crippen LogP contribution in [0, 0.1) is 5.82 Å². The van der Waals surface area contributed by atoms with Crippen LogP contribution in [-0.4, -0.2) is 47.7 Å². The highest BCUT2D eigenvalue weighted by atomic mass is 19.1. The Bertz CT molecular complexity index is 1060. The lowest BCUT2D eigenvalue weighted by molar-refractivity contribution is -0.132. The third-order valence-electron chi connectivity index (χ3n) is 5.55. The van der Waals surface area contributed by atoms with E-state index >= 15 is 0 Å². The molecule has 2 aromatic rings. The number of rotatable bonds is 7. The Morgan fingerprint density at radius 1 is 1.09 bits per heavy atom. The number of hydrogen-bond donors (Lipinski definition) is 2. The first-order valence-corrected chi connectivity index (χ1v) is 10.9. The second-order valence-corrected chi connectivity index (χ2v) is 7.97. The van der Waals surface area contributed by atoms with Gasteiger partial charge in [-0.15, -0.1) is 0 Å². The first-order valence-electron chi connectivity index (χ1n) is 10.9. The second-order valence-electron chi connectivity index (χ2n) is 7.97. The molecule has 8 nitrogen and oxygen atoms in total. The van der Waals surface area contributed by atoms with Crippen LogP contribution in [0.25, 0.3) is 0 Å². The standard InChI is InChI=1S/C24H25FN4O4/c25-17-9-7-16(8-10-17)15-29-22(30)12-11-21(28-29)24(32)27-20-6-2-1-5-19(20)23(31)26-14-18-4-3-13-33-18/h1-2,5-10,18H,3-4,11-15H2,(H,26,31)(H,27,32). The fourth-order valence-corrected chi connectivity index (χ4v) is 3.74. The van der Waals surface area contributed by atoms with Crippen molar-refractivity contribution in [2.24, 2.45) is 5.10 Å². The van der Waals surface area contributed by atoms with Crippen molar-refractivity contribution in [1.82, 2.24) is 10.3 Å². The van der Waals surface area contributed by atoms with E-state index in [9.17, 15) is 18.8 Å². The van der Waals surface area contributed by atoms with Gasteiger partial charge < -0.3 is 15.4 Å². The molecule has 4 rings (SSSR count). The van der Waals surface area contributed by atoms with Crippen LogP contribution < -0.4 is 10.6 Å². The summed E-state index contributed by atoms with van der Waals surface area (Å²) in [6.07, 6.45) is 2.23. The largest absolute Gasteiger partial charge is 0.376 e. The highest BCUT2D eigenvalue weighted by Gasteiger charge is 2.26. The molecule has 0 radical (unpaired) electrons. The van der Waals surface area contributed by atoms with Crippen molar-refractivity contribution in [1.29, 1.82) is 0 Å². The number of halogens is 1. The molecular weight excluding hydrogens is 427 g/mol. The maximum atomic E-state index is 13.1. The van der Waals surface area contributed by atoms with E-state index in [1.165, 1.54) is 17.1 Å². The highest BCUT2D eigenvalue weighted by Crippen LogP contribution is 2.19. The van der Waals surface area contributed by atoms with E-state index in [1.807, 2.05) is 0 Å². The Balaban J connectivity index is 1.43. The monoisotopic (exact) mass is 452 g/mol. The lowest BCUT2D eigenvalue weighted by Crippen LogP contribution is -2.36. The lowest BCUT2D eigenvalue weighted by atomic mass is 10.1. The smallest absolute Gasteiger partial charge is 0.271 e. The first kappa shape index (κ1) is 22.6. The third kappa shape index (κ3) is 5.81. The van der Waals surface area contributed by atoms with Gasteiger partial charge >= 0.3 is 0 Å². The van der Waals surface area contributed by atoms with Gasteiger partial charge in [0.05, 0.1) is 23.9 Å². The summed E-state index contributed by atoms with van der Waals surface area (Å²) in [6.45, 7) is 1.25. The van der Waals surface area contributed by atoms with Gasteiger partial charge in [0.1, 0.15) is 11.5 Å². The van der Waals surface area contributed by atoms with Gasteiger partial charge in [-0.1, -0.05) is 24.3 Å². The predicted octanol–water partition coefficient (Wildman–Crippen LogP) is 2.85. The Labute approximate surface area is 190 Å². The number of amides is 3. The molecule has 9 heteroatoms. The number of hydrazone groups is 1. The Kier molecular flexibility index (Phi) is 7.09. The van der Waals surface area contributed by atoms with Crippen molar-refractivity contribution < 1.29 is 23.5 Å². The molecule has 172 valence electrons. The van der Waals surface area contributed by atoms with Gasteiger partial charge in [-0.3, -0.25) is 14.4 Å². The van der Waals surface area contributed by atoms with Crippen molar-refractivity contribution in [3.63, 3.8) is 0 Å². The topological polar surface area (TPSA) is 100 Å². The fourth-order valence-electron chi connectivity index (χ4n) is 3.74. The summed E-state index contributed by atoms with van der Waals surface area (Å²) >= 11 is 0. The third-order valence-corrected chi connectivity index (χ3v) is 5.55.